The molecule has 2 aromatic heterocycles. The van der Waals surface area contributed by atoms with Crippen molar-refractivity contribution in [1.29, 1.82) is 5.26 Å². The molecule has 0 amide bonds. The van der Waals surface area contributed by atoms with E-state index in [1.807, 2.05) is 36.4 Å². The number of alkyl halides is 2. The van der Waals surface area contributed by atoms with Crippen LogP contribution >= 0.6 is 0 Å². The minimum atomic E-state index is -2.50. The summed E-state index contributed by atoms with van der Waals surface area (Å²) in [5, 5.41) is 20.3. The topological polar surface area (TPSA) is 101 Å². The predicted molar refractivity (Wildman–Crippen MR) is 165 cm³/mol. The van der Waals surface area contributed by atoms with Crippen LogP contribution in [0.1, 0.15) is 56.3 Å². The van der Waals surface area contributed by atoms with E-state index in [9.17, 15) is 14.0 Å². The van der Waals surface area contributed by atoms with Crippen molar-refractivity contribution in [3.63, 3.8) is 0 Å². The molecule has 8 nitrogen and oxygen atoms in total. The van der Waals surface area contributed by atoms with Gasteiger partial charge in [-0.15, -0.1) is 12.0 Å². The second-order valence-electron chi connectivity index (χ2n) is 12.3. The van der Waals surface area contributed by atoms with Gasteiger partial charge in [-0.2, -0.15) is 5.26 Å². The molecule has 0 unspecified atom stereocenters. The van der Waals surface area contributed by atoms with Crippen LogP contribution in [0.2, 0.25) is 0 Å². The number of terminal acetylenes is 1. The maximum Gasteiger partial charge on any atom is 0.262 e. The van der Waals surface area contributed by atoms with Gasteiger partial charge >= 0.3 is 0 Å². The van der Waals surface area contributed by atoms with E-state index in [4.69, 9.17) is 6.42 Å². The van der Waals surface area contributed by atoms with Gasteiger partial charge in [0.25, 0.3) is 6.43 Å². The molecule has 4 N–H and O–H groups in total. The Hall–Kier alpha value is -4.93. The van der Waals surface area contributed by atoms with Crippen LogP contribution in [0.3, 0.4) is 0 Å². The van der Waals surface area contributed by atoms with Crippen molar-refractivity contribution in [3.8, 4) is 18.4 Å². The van der Waals surface area contributed by atoms with Gasteiger partial charge in [-0.05, 0) is 48.1 Å². The monoisotopic (exact) mass is 578 g/mol. The van der Waals surface area contributed by atoms with Gasteiger partial charge in [0.15, 0.2) is 0 Å². The van der Waals surface area contributed by atoms with Crippen LogP contribution in [0.15, 0.2) is 66.8 Å². The number of hydrazine groups is 2. The number of anilines is 2. The number of fused-ring (bicyclic) bond motifs is 2. The van der Waals surface area contributed by atoms with Crippen LogP contribution in [-0.2, 0) is 0 Å². The first kappa shape index (κ1) is 28.2. The van der Waals surface area contributed by atoms with Gasteiger partial charge < -0.3 is 16.1 Å². The summed E-state index contributed by atoms with van der Waals surface area (Å²) in [4.78, 5) is 9.04. The largest absolute Gasteiger partial charge is 0.383 e. The molecule has 2 aromatic carbocycles. The van der Waals surface area contributed by atoms with Crippen LogP contribution in [0.5, 0.6) is 0 Å². The number of nitrogens with one attached hydrogen (secondary N) is 4. The lowest BCUT2D eigenvalue weighted by atomic mass is 9.96. The first-order valence-electron chi connectivity index (χ1n) is 14.1. The van der Waals surface area contributed by atoms with Gasteiger partial charge in [0.2, 0.25) is 0 Å². The molecule has 0 spiro atoms. The first-order valence-corrected chi connectivity index (χ1v) is 14.1. The molecule has 2 aliphatic rings. The highest BCUT2D eigenvalue weighted by atomic mass is 19.3. The van der Waals surface area contributed by atoms with Gasteiger partial charge in [-0.25, -0.2) is 8.78 Å². The normalized spacial score (nSPS) is 16.4. The molecule has 43 heavy (non-hydrogen) atoms. The Labute approximate surface area is 249 Å². The van der Waals surface area contributed by atoms with Crippen LogP contribution in [-0.4, -0.2) is 33.5 Å². The quantitative estimate of drug-likeness (QED) is 0.183. The van der Waals surface area contributed by atoms with E-state index in [0.29, 0.717) is 52.8 Å². The number of aromatic nitrogens is 2. The molecule has 10 heteroatoms. The maximum atomic E-state index is 13.9. The fraction of sp³-hybridized carbons (Fsp3) is 0.303. The SMILES string of the molecule is C#Cc1cnc2c(C#N)cc(N[C@H](C3=CN(C4(C(F)F)CC4)NN3)c3ccc4cccnc4c3)cc2c1NCC(C)(C)C. The van der Waals surface area contributed by atoms with Gasteiger partial charge in [-0.1, -0.05) is 44.9 Å². The summed E-state index contributed by atoms with van der Waals surface area (Å²) in [6.45, 7) is 7.01. The zero-order valence-corrected chi connectivity index (χ0v) is 24.2. The number of nitriles is 1. The zero-order chi connectivity index (χ0) is 30.4. The lowest BCUT2D eigenvalue weighted by Crippen LogP contribution is -2.48. The molecule has 218 valence electrons. The third-order valence-electron chi connectivity index (χ3n) is 7.87. The fourth-order valence-corrected chi connectivity index (χ4v) is 5.30. The molecular formula is C33H32F2N8. The average Bonchev–Trinajstić information content (AvgIpc) is 3.67. The Bertz CT molecular complexity index is 1830. The number of pyridine rings is 2. The number of halogens is 2. The number of hydrogen-bond donors (Lipinski definition) is 4. The summed E-state index contributed by atoms with van der Waals surface area (Å²) in [6.07, 6.45) is 9.18. The van der Waals surface area contributed by atoms with Crippen molar-refractivity contribution < 1.29 is 8.78 Å². The molecule has 6 rings (SSSR count). The Kier molecular flexibility index (Phi) is 7.03. The molecule has 1 fully saturated rings. The third-order valence-corrected chi connectivity index (χ3v) is 7.87. The van der Waals surface area contributed by atoms with Crippen LogP contribution in [0, 0.1) is 29.1 Å². The lowest BCUT2D eigenvalue weighted by Gasteiger charge is -2.25. The molecule has 1 aliphatic heterocycles. The summed E-state index contributed by atoms with van der Waals surface area (Å²) in [6, 6.07) is 15.2. The molecule has 0 bridgehead atoms. The highest BCUT2D eigenvalue weighted by molar-refractivity contribution is 5.99. The van der Waals surface area contributed by atoms with Crippen LogP contribution in [0.4, 0.5) is 20.2 Å². The van der Waals surface area contributed by atoms with Gasteiger partial charge in [0.1, 0.15) is 11.6 Å². The summed E-state index contributed by atoms with van der Waals surface area (Å²) >= 11 is 0. The molecule has 0 saturated heterocycles. The summed E-state index contributed by atoms with van der Waals surface area (Å²) in [7, 11) is 0. The minimum absolute atomic E-state index is 0.0266. The molecule has 1 saturated carbocycles. The summed E-state index contributed by atoms with van der Waals surface area (Å²) in [5.41, 5.74) is 9.96. The summed E-state index contributed by atoms with van der Waals surface area (Å²) in [5.74, 6) is 2.71. The number of nitrogens with zero attached hydrogens (tertiary/aromatic N) is 4. The van der Waals surface area contributed by atoms with E-state index < -0.39 is 18.0 Å². The predicted octanol–water partition coefficient (Wildman–Crippen LogP) is 6.21. The van der Waals surface area contributed by atoms with Crippen molar-refractivity contribution in [2.75, 3.05) is 17.2 Å². The van der Waals surface area contributed by atoms with E-state index in [1.165, 1.54) is 5.01 Å². The van der Waals surface area contributed by atoms with Crippen molar-refractivity contribution >= 4 is 33.2 Å². The van der Waals surface area contributed by atoms with Crippen molar-refractivity contribution in [2.24, 2.45) is 5.41 Å². The molecule has 3 heterocycles. The number of benzene rings is 2. The minimum Gasteiger partial charge on any atom is -0.383 e. The second-order valence-corrected chi connectivity index (χ2v) is 12.3. The highest BCUT2D eigenvalue weighted by Gasteiger charge is 2.56. The molecule has 4 aromatic rings. The van der Waals surface area contributed by atoms with E-state index in [-0.39, 0.29) is 5.41 Å². The molecule has 1 atom stereocenters. The van der Waals surface area contributed by atoms with Crippen molar-refractivity contribution in [2.45, 2.75) is 51.6 Å². The third kappa shape index (κ3) is 5.38. The van der Waals surface area contributed by atoms with E-state index in [1.54, 1.807) is 24.7 Å². The standard InChI is InChI=1S/C33H32F2N8/c1-5-20-17-38-29-23(16-36)13-24(15-25(29)28(20)39-19-32(2,3)4)40-30(22-9-8-21-7-6-12-37-26(21)14-22)27-18-43(42-41-27)33(10-11-33)31(34)35/h1,6-9,12-15,17-18,30-31,40-42H,10-11,19H2,2-4H3,(H,38,39)/t30-/m0/s1. The Balaban J connectivity index is 1.46. The van der Waals surface area contributed by atoms with Crippen molar-refractivity contribution in [3.05, 3.63) is 83.4 Å². The first-order chi connectivity index (χ1) is 20.6. The number of rotatable bonds is 8. The highest BCUT2D eigenvalue weighted by Crippen LogP contribution is 2.47. The van der Waals surface area contributed by atoms with Crippen molar-refractivity contribution in [1.82, 2.24) is 25.9 Å². The Morgan fingerprint density at radius 3 is 2.65 bits per heavy atom. The molecule has 1 aliphatic carbocycles. The Morgan fingerprint density at radius 1 is 1.14 bits per heavy atom. The van der Waals surface area contributed by atoms with Gasteiger partial charge in [-0.3, -0.25) is 15.0 Å². The zero-order valence-electron chi connectivity index (χ0n) is 24.2. The van der Waals surface area contributed by atoms with E-state index >= 15 is 0 Å². The maximum absolute atomic E-state index is 13.9. The fourth-order valence-electron chi connectivity index (χ4n) is 5.30. The Morgan fingerprint density at radius 2 is 1.95 bits per heavy atom. The van der Waals surface area contributed by atoms with Crippen LogP contribution in [0.25, 0.3) is 21.8 Å². The van der Waals surface area contributed by atoms with E-state index in [2.05, 4.69) is 64.3 Å². The molecule has 0 radical (unpaired) electrons. The van der Waals surface area contributed by atoms with Crippen LogP contribution < -0.4 is 21.6 Å². The van der Waals surface area contributed by atoms with Gasteiger partial charge in [0, 0.05) is 41.6 Å². The van der Waals surface area contributed by atoms with Gasteiger partial charge in [0.05, 0.1) is 39.6 Å². The second kappa shape index (κ2) is 10.7. The van der Waals surface area contributed by atoms with E-state index in [0.717, 1.165) is 22.2 Å². The lowest BCUT2D eigenvalue weighted by molar-refractivity contribution is 0.00911. The smallest absolute Gasteiger partial charge is 0.262 e. The average molecular weight is 579 g/mol. The summed E-state index contributed by atoms with van der Waals surface area (Å²) < 4.78 is 27.9. The molecular weight excluding hydrogens is 546 g/mol. The number of hydrogen-bond acceptors (Lipinski definition) is 8.